The van der Waals surface area contributed by atoms with Crippen LogP contribution in [0.15, 0.2) is 0 Å². The maximum absolute atomic E-state index is 12.0. The molecule has 2 heterocycles. The number of piperidine rings is 1. The van der Waals surface area contributed by atoms with Gasteiger partial charge in [-0.3, -0.25) is 0 Å². The van der Waals surface area contributed by atoms with Crippen LogP contribution in [0.2, 0.25) is 0 Å². The van der Waals surface area contributed by atoms with Gasteiger partial charge in [0.1, 0.15) is 0 Å². The van der Waals surface area contributed by atoms with Crippen LogP contribution in [0.1, 0.15) is 25.7 Å². The second kappa shape index (κ2) is 10.2. The highest BCUT2D eigenvalue weighted by Gasteiger charge is 2.23. The lowest BCUT2D eigenvalue weighted by molar-refractivity contribution is 0.220. The number of halogens is 2. The summed E-state index contributed by atoms with van der Waals surface area (Å²) in [5.74, 6) is 0.247. The van der Waals surface area contributed by atoms with Crippen molar-refractivity contribution in [2.45, 2.75) is 25.7 Å². The average Bonchev–Trinajstić information content (AvgIpc) is 2.53. The van der Waals surface area contributed by atoms with Gasteiger partial charge >= 0.3 is 0 Å². The maximum Gasteiger partial charge on any atom is 0.215 e. The minimum absolute atomic E-state index is 0. The molecule has 2 aliphatic heterocycles. The van der Waals surface area contributed by atoms with E-state index in [9.17, 15) is 8.42 Å². The third kappa shape index (κ3) is 6.45. The van der Waals surface area contributed by atoms with Gasteiger partial charge in [-0.05, 0) is 38.9 Å². The first-order valence-corrected chi connectivity index (χ1v) is 8.70. The van der Waals surface area contributed by atoms with E-state index in [4.69, 9.17) is 0 Å². The molecular weight excluding hydrogens is 321 g/mol. The number of nitrogens with one attached hydrogen (secondary N) is 1. The van der Waals surface area contributed by atoms with E-state index in [0.717, 1.165) is 19.5 Å². The van der Waals surface area contributed by atoms with Crippen LogP contribution in [0, 0.1) is 0 Å². The summed E-state index contributed by atoms with van der Waals surface area (Å²) in [6.45, 7) is 6.10. The van der Waals surface area contributed by atoms with E-state index in [2.05, 4.69) is 10.2 Å². The van der Waals surface area contributed by atoms with Gasteiger partial charge < -0.3 is 10.2 Å². The summed E-state index contributed by atoms with van der Waals surface area (Å²) in [6.07, 6.45) is 4.90. The van der Waals surface area contributed by atoms with Crippen LogP contribution in [0.4, 0.5) is 0 Å². The first kappa shape index (κ1) is 20.4. The van der Waals surface area contributed by atoms with Crippen molar-refractivity contribution < 1.29 is 8.42 Å². The number of nitrogens with zero attached hydrogens (tertiary/aromatic N) is 2. The minimum Gasteiger partial charge on any atom is -0.314 e. The number of rotatable bonds is 4. The summed E-state index contributed by atoms with van der Waals surface area (Å²) in [5, 5.41) is 3.14. The van der Waals surface area contributed by atoms with Gasteiger partial charge in [-0.25, -0.2) is 12.7 Å². The fourth-order valence-electron chi connectivity index (χ4n) is 2.70. The highest BCUT2D eigenvalue weighted by atomic mass is 35.5. The molecule has 2 saturated heterocycles. The van der Waals surface area contributed by atoms with Gasteiger partial charge in [0.25, 0.3) is 0 Å². The summed E-state index contributed by atoms with van der Waals surface area (Å²) in [6, 6.07) is 0. The van der Waals surface area contributed by atoms with E-state index < -0.39 is 10.0 Å². The van der Waals surface area contributed by atoms with Gasteiger partial charge in [-0.15, -0.1) is 24.8 Å². The van der Waals surface area contributed by atoms with Crippen LogP contribution >= 0.6 is 24.8 Å². The zero-order valence-electron chi connectivity index (χ0n) is 11.9. The Morgan fingerprint density at radius 1 is 0.900 bits per heavy atom. The Morgan fingerprint density at radius 3 is 2.30 bits per heavy atom. The minimum atomic E-state index is -3.01. The van der Waals surface area contributed by atoms with Crippen molar-refractivity contribution in [3.05, 3.63) is 0 Å². The standard InChI is InChI=1S/C12H25N3O2S.2ClH/c16-18(17)12-6-13-5-11-15(18)10-4-9-14-7-2-1-3-8-14;;/h13H,1-12H2;2*1H. The van der Waals surface area contributed by atoms with Crippen LogP contribution in [-0.2, 0) is 10.0 Å². The monoisotopic (exact) mass is 347 g/mol. The van der Waals surface area contributed by atoms with E-state index in [-0.39, 0.29) is 30.6 Å². The average molecular weight is 348 g/mol. The molecule has 0 spiro atoms. The predicted molar refractivity (Wildman–Crippen MR) is 87.6 cm³/mol. The molecule has 20 heavy (non-hydrogen) atoms. The van der Waals surface area contributed by atoms with Gasteiger partial charge in [0.15, 0.2) is 0 Å². The second-order valence-corrected chi connectivity index (χ2v) is 7.31. The molecule has 0 aromatic carbocycles. The fraction of sp³-hybridized carbons (Fsp3) is 1.00. The van der Waals surface area contributed by atoms with Gasteiger partial charge in [-0.2, -0.15) is 0 Å². The first-order valence-electron chi connectivity index (χ1n) is 7.09. The number of sulfonamides is 1. The van der Waals surface area contributed by atoms with Crippen LogP contribution in [-0.4, -0.2) is 69.2 Å². The topological polar surface area (TPSA) is 52.7 Å². The van der Waals surface area contributed by atoms with Crippen molar-refractivity contribution in [1.82, 2.24) is 14.5 Å². The Balaban J connectivity index is 0.00000180. The van der Waals surface area contributed by atoms with E-state index >= 15 is 0 Å². The number of likely N-dealkylation sites (tertiary alicyclic amines) is 1. The second-order valence-electron chi connectivity index (χ2n) is 5.22. The zero-order chi connectivity index (χ0) is 12.8. The molecule has 0 amide bonds. The highest BCUT2D eigenvalue weighted by molar-refractivity contribution is 7.89. The smallest absolute Gasteiger partial charge is 0.215 e. The number of hydrogen-bond donors (Lipinski definition) is 1. The van der Waals surface area contributed by atoms with Crippen LogP contribution < -0.4 is 5.32 Å². The molecule has 1 N–H and O–H groups in total. The van der Waals surface area contributed by atoms with Crippen LogP contribution in [0.25, 0.3) is 0 Å². The van der Waals surface area contributed by atoms with E-state index in [1.165, 1.54) is 32.4 Å². The molecule has 2 aliphatic rings. The zero-order valence-corrected chi connectivity index (χ0v) is 14.4. The Hall–Kier alpha value is 0.410. The first-order chi connectivity index (χ1) is 8.68. The summed E-state index contributed by atoms with van der Waals surface area (Å²) in [7, 11) is -3.01. The van der Waals surface area contributed by atoms with Crippen LogP contribution in [0.5, 0.6) is 0 Å². The molecule has 122 valence electrons. The lowest BCUT2D eigenvalue weighted by atomic mass is 10.1. The number of hydrogen-bond acceptors (Lipinski definition) is 4. The summed E-state index contributed by atoms with van der Waals surface area (Å²) >= 11 is 0. The highest BCUT2D eigenvalue weighted by Crippen LogP contribution is 2.10. The van der Waals surface area contributed by atoms with Gasteiger partial charge in [0.05, 0.1) is 5.75 Å². The lowest BCUT2D eigenvalue weighted by Gasteiger charge is -2.27. The Bertz CT molecular complexity index is 349. The summed E-state index contributed by atoms with van der Waals surface area (Å²) < 4.78 is 25.6. The van der Waals surface area contributed by atoms with E-state index in [0.29, 0.717) is 19.6 Å². The molecule has 2 fully saturated rings. The molecule has 0 aromatic rings. The predicted octanol–water partition coefficient (Wildman–Crippen LogP) is 0.941. The molecule has 5 nitrogen and oxygen atoms in total. The molecule has 0 saturated carbocycles. The maximum atomic E-state index is 12.0. The molecule has 0 aromatic heterocycles. The SMILES string of the molecule is Cl.Cl.O=S1(=O)CCNCCN1CCCN1CCCCC1. The fourth-order valence-corrected chi connectivity index (χ4v) is 4.14. The van der Waals surface area contributed by atoms with Crippen molar-refractivity contribution in [2.24, 2.45) is 0 Å². The Morgan fingerprint density at radius 2 is 1.60 bits per heavy atom. The van der Waals surface area contributed by atoms with Crippen molar-refractivity contribution >= 4 is 34.8 Å². The van der Waals surface area contributed by atoms with Crippen molar-refractivity contribution in [1.29, 1.82) is 0 Å². The molecule has 0 radical (unpaired) electrons. The third-order valence-electron chi connectivity index (χ3n) is 3.80. The molecule has 8 heteroatoms. The molecule has 0 atom stereocenters. The Labute approximate surface area is 135 Å². The summed E-state index contributed by atoms with van der Waals surface area (Å²) in [5.41, 5.74) is 0. The van der Waals surface area contributed by atoms with E-state index in [1.54, 1.807) is 4.31 Å². The molecule has 0 aliphatic carbocycles. The van der Waals surface area contributed by atoms with Crippen molar-refractivity contribution in [3.63, 3.8) is 0 Å². The van der Waals surface area contributed by atoms with Crippen molar-refractivity contribution in [2.75, 3.05) is 51.6 Å². The van der Waals surface area contributed by atoms with Gasteiger partial charge in [-0.1, -0.05) is 6.42 Å². The normalized spacial score (nSPS) is 24.2. The lowest BCUT2D eigenvalue weighted by Crippen LogP contribution is -2.37. The largest absolute Gasteiger partial charge is 0.314 e. The molecule has 0 unspecified atom stereocenters. The van der Waals surface area contributed by atoms with E-state index in [1.807, 2.05) is 0 Å². The van der Waals surface area contributed by atoms with Crippen LogP contribution in [0.3, 0.4) is 0 Å². The molecule has 2 rings (SSSR count). The summed E-state index contributed by atoms with van der Waals surface area (Å²) in [4.78, 5) is 2.46. The Kier molecular flexibility index (Phi) is 10.4. The van der Waals surface area contributed by atoms with Gasteiger partial charge in [0, 0.05) is 26.2 Å². The quantitative estimate of drug-likeness (QED) is 0.822. The van der Waals surface area contributed by atoms with Gasteiger partial charge in [0.2, 0.25) is 10.0 Å². The molecular formula is C12H27Cl2N3O2S. The van der Waals surface area contributed by atoms with Crippen molar-refractivity contribution in [3.8, 4) is 0 Å². The third-order valence-corrected chi connectivity index (χ3v) is 5.67. The molecule has 0 bridgehead atoms.